The minimum absolute atomic E-state index is 0.514. The van der Waals surface area contributed by atoms with E-state index in [0.717, 1.165) is 29.1 Å². The fourth-order valence-electron chi connectivity index (χ4n) is 1.31. The van der Waals surface area contributed by atoms with E-state index in [1.54, 1.807) is 32.0 Å². The Labute approximate surface area is 100 Å². The minimum atomic E-state index is 0.514. The molecule has 0 aliphatic heterocycles. The Balaban J connectivity index is 3.09. The summed E-state index contributed by atoms with van der Waals surface area (Å²) in [6, 6.07) is 3.56. The molecule has 1 aromatic rings. The molecule has 0 fully saturated rings. The zero-order chi connectivity index (χ0) is 12.0. The lowest BCUT2D eigenvalue weighted by molar-refractivity contribution is 0.112. The van der Waals surface area contributed by atoms with Gasteiger partial charge in [-0.2, -0.15) is 0 Å². The van der Waals surface area contributed by atoms with E-state index >= 15 is 0 Å². The Morgan fingerprint density at radius 1 is 1.25 bits per heavy atom. The van der Waals surface area contributed by atoms with E-state index in [2.05, 4.69) is 6.92 Å². The van der Waals surface area contributed by atoms with Crippen molar-refractivity contribution in [3.05, 3.63) is 17.7 Å². The van der Waals surface area contributed by atoms with Gasteiger partial charge in [0.15, 0.2) is 6.29 Å². The summed E-state index contributed by atoms with van der Waals surface area (Å²) >= 11 is 1.70. The van der Waals surface area contributed by atoms with Gasteiger partial charge in [-0.25, -0.2) is 0 Å². The van der Waals surface area contributed by atoms with E-state index in [1.807, 2.05) is 6.07 Å². The molecular weight excluding hydrogens is 224 g/mol. The largest absolute Gasteiger partial charge is 0.496 e. The van der Waals surface area contributed by atoms with Crippen molar-refractivity contribution in [2.24, 2.45) is 0 Å². The molecule has 0 heterocycles. The molecule has 0 aromatic heterocycles. The summed E-state index contributed by atoms with van der Waals surface area (Å²) in [5, 5.41) is 0. The zero-order valence-corrected chi connectivity index (χ0v) is 10.6. The molecule has 88 valence electrons. The lowest BCUT2D eigenvalue weighted by atomic mass is 10.2. The number of methoxy groups -OCH3 is 2. The number of hydrogen-bond donors (Lipinski definition) is 0. The van der Waals surface area contributed by atoms with Gasteiger partial charge < -0.3 is 9.47 Å². The van der Waals surface area contributed by atoms with Crippen molar-refractivity contribution >= 4 is 18.0 Å². The Morgan fingerprint density at radius 2 is 1.94 bits per heavy atom. The molecular formula is C12H16O3S. The normalized spacial score (nSPS) is 9.94. The van der Waals surface area contributed by atoms with E-state index in [4.69, 9.17) is 9.47 Å². The molecule has 0 aliphatic rings. The lowest BCUT2D eigenvalue weighted by Gasteiger charge is -2.11. The summed E-state index contributed by atoms with van der Waals surface area (Å²) in [5.41, 5.74) is 0.514. The Bertz CT molecular complexity index is 364. The van der Waals surface area contributed by atoms with Gasteiger partial charge >= 0.3 is 0 Å². The van der Waals surface area contributed by atoms with Crippen LogP contribution in [0.2, 0.25) is 0 Å². The van der Waals surface area contributed by atoms with Crippen LogP contribution in [0, 0.1) is 0 Å². The van der Waals surface area contributed by atoms with E-state index in [0.29, 0.717) is 11.3 Å². The molecule has 1 rings (SSSR count). The van der Waals surface area contributed by atoms with Crippen molar-refractivity contribution < 1.29 is 14.3 Å². The number of carbonyl (C=O) groups excluding carboxylic acids is 1. The second kappa shape index (κ2) is 6.43. The van der Waals surface area contributed by atoms with Crippen molar-refractivity contribution in [3.63, 3.8) is 0 Å². The zero-order valence-electron chi connectivity index (χ0n) is 9.78. The van der Waals surface area contributed by atoms with Crippen LogP contribution in [0.5, 0.6) is 11.5 Å². The smallest absolute Gasteiger partial charge is 0.153 e. The van der Waals surface area contributed by atoms with Crippen LogP contribution in [0.25, 0.3) is 0 Å². The van der Waals surface area contributed by atoms with E-state index in [9.17, 15) is 4.79 Å². The van der Waals surface area contributed by atoms with Gasteiger partial charge in [0.05, 0.1) is 24.7 Å². The maximum Gasteiger partial charge on any atom is 0.153 e. The van der Waals surface area contributed by atoms with Gasteiger partial charge in [0.25, 0.3) is 0 Å². The predicted octanol–water partition coefficient (Wildman–Crippen LogP) is 3.02. The molecule has 1 aromatic carbocycles. The minimum Gasteiger partial charge on any atom is -0.496 e. The van der Waals surface area contributed by atoms with Gasteiger partial charge in [0, 0.05) is 0 Å². The topological polar surface area (TPSA) is 35.5 Å². The maximum atomic E-state index is 10.8. The van der Waals surface area contributed by atoms with Crippen LogP contribution in [0.15, 0.2) is 17.0 Å². The number of rotatable bonds is 6. The van der Waals surface area contributed by atoms with Crippen molar-refractivity contribution in [1.82, 2.24) is 0 Å². The first-order valence-corrected chi connectivity index (χ1v) is 6.09. The molecule has 0 spiro atoms. The molecule has 0 saturated carbocycles. The quantitative estimate of drug-likeness (QED) is 0.565. The molecule has 4 heteroatoms. The highest BCUT2D eigenvalue weighted by atomic mass is 32.2. The van der Waals surface area contributed by atoms with Crippen LogP contribution < -0.4 is 9.47 Å². The average Bonchev–Trinajstić information content (AvgIpc) is 2.35. The van der Waals surface area contributed by atoms with Gasteiger partial charge in [-0.05, 0) is 24.3 Å². The Hall–Kier alpha value is -1.16. The number of hydrogen-bond acceptors (Lipinski definition) is 4. The summed E-state index contributed by atoms with van der Waals surface area (Å²) < 4.78 is 10.4. The Kier molecular flexibility index (Phi) is 5.19. The summed E-state index contributed by atoms with van der Waals surface area (Å²) in [7, 11) is 3.16. The molecule has 0 radical (unpaired) electrons. The molecule has 0 N–H and O–H groups in total. The van der Waals surface area contributed by atoms with E-state index in [-0.39, 0.29) is 0 Å². The number of benzene rings is 1. The molecule has 0 aliphatic carbocycles. The van der Waals surface area contributed by atoms with Crippen LogP contribution >= 0.6 is 11.8 Å². The van der Waals surface area contributed by atoms with Crippen LogP contribution in [0.3, 0.4) is 0 Å². The molecule has 0 amide bonds. The van der Waals surface area contributed by atoms with Crippen LogP contribution in [-0.2, 0) is 0 Å². The van der Waals surface area contributed by atoms with Crippen molar-refractivity contribution in [2.75, 3.05) is 20.0 Å². The second-order valence-corrected chi connectivity index (χ2v) is 4.35. The molecule has 0 atom stereocenters. The fourth-order valence-corrected chi connectivity index (χ4v) is 2.21. The predicted molar refractivity (Wildman–Crippen MR) is 65.9 cm³/mol. The SMILES string of the molecule is CCCSc1cc(OC)c(C=O)cc1OC. The lowest BCUT2D eigenvalue weighted by Crippen LogP contribution is -1.95. The van der Waals surface area contributed by atoms with Gasteiger partial charge in [-0.3, -0.25) is 4.79 Å². The van der Waals surface area contributed by atoms with Gasteiger partial charge in [0.2, 0.25) is 0 Å². The number of ether oxygens (including phenoxy) is 2. The fraction of sp³-hybridized carbons (Fsp3) is 0.417. The van der Waals surface area contributed by atoms with Crippen LogP contribution in [0.1, 0.15) is 23.7 Å². The monoisotopic (exact) mass is 240 g/mol. The average molecular weight is 240 g/mol. The third-order valence-corrected chi connectivity index (χ3v) is 3.35. The number of carbonyl (C=O) groups is 1. The second-order valence-electron chi connectivity index (χ2n) is 3.21. The molecule has 16 heavy (non-hydrogen) atoms. The van der Waals surface area contributed by atoms with Crippen molar-refractivity contribution in [1.29, 1.82) is 0 Å². The standard InChI is InChI=1S/C12H16O3S/c1-4-5-16-12-7-10(14-2)9(8-13)6-11(12)15-3/h6-8H,4-5H2,1-3H3. The highest BCUT2D eigenvalue weighted by Crippen LogP contribution is 2.35. The van der Waals surface area contributed by atoms with E-state index < -0.39 is 0 Å². The highest BCUT2D eigenvalue weighted by Gasteiger charge is 2.10. The summed E-state index contributed by atoms with van der Waals surface area (Å²) in [6.07, 6.45) is 1.86. The first kappa shape index (κ1) is 12.9. The summed E-state index contributed by atoms with van der Waals surface area (Å²) in [5.74, 6) is 2.33. The number of thioether (sulfide) groups is 1. The number of aldehydes is 1. The first-order chi connectivity index (χ1) is 7.76. The molecule has 0 saturated heterocycles. The van der Waals surface area contributed by atoms with Gasteiger partial charge in [-0.1, -0.05) is 6.92 Å². The summed E-state index contributed by atoms with van der Waals surface area (Å²) in [6.45, 7) is 2.12. The van der Waals surface area contributed by atoms with Crippen LogP contribution in [-0.4, -0.2) is 26.3 Å². The third-order valence-electron chi connectivity index (χ3n) is 2.10. The Morgan fingerprint density at radius 3 is 2.44 bits per heavy atom. The van der Waals surface area contributed by atoms with Crippen LogP contribution in [0.4, 0.5) is 0 Å². The van der Waals surface area contributed by atoms with E-state index in [1.165, 1.54) is 0 Å². The third kappa shape index (κ3) is 2.92. The summed E-state index contributed by atoms with van der Waals surface area (Å²) in [4.78, 5) is 11.8. The van der Waals surface area contributed by atoms with Gasteiger partial charge in [0.1, 0.15) is 11.5 Å². The van der Waals surface area contributed by atoms with Crippen molar-refractivity contribution in [2.45, 2.75) is 18.2 Å². The molecule has 3 nitrogen and oxygen atoms in total. The van der Waals surface area contributed by atoms with Crippen molar-refractivity contribution in [3.8, 4) is 11.5 Å². The first-order valence-electron chi connectivity index (χ1n) is 5.10. The molecule has 0 unspecified atom stereocenters. The molecule has 0 bridgehead atoms. The highest BCUT2D eigenvalue weighted by molar-refractivity contribution is 7.99. The maximum absolute atomic E-state index is 10.8. The van der Waals surface area contributed by atoms with Gasteiger partial charge in [-0.15, -0.1) is 11.8 Å².